The van der Waals surface area contributed by atoms with Crippen molar-refractivity contribution in [1.82, 2.24) is 0 Å². The van der Waals surface area contributed by atoms with Crippen molar-refractivity contribution < 1.29 is 9.47 Å². The molecule has 2 heteroatoms. The third kappa shape index (κ3) is 9.89. The SMILES string of the molecule is C=CCC(CCCCCC)OC(C)CC(C)OCc1ccccc1. The Morgan fingerprint density at radius 2 is 1.79 bits per heavy atom. The van der Waals surface area contributed by atoms with Crippen LogP contribution in [0.2, 0.25) is 0 Å². The zero-order chi connectivity index (χ0) is 17.6. The number of rotatable bonds is 14. The Kier molecular flexibility index (Phi) is 11.5. The topological polar surface area (TPSA) is 18.5 Å². The summed E-state index contributed by atoms with van der Waals surface area (Å²) in [5, 5.41) is 0. The van der Waals surface area contributed by atoms with Gasteiger partial charge in [-0.2, -0.15) is 0 Å². The van der Waals surface area contributed by atoms with Crippen molar-refractivity contribution in [2.24, 2.45) is 0 Å². The zero-order valence-corrected chi connectivity index (χ0v) is 15.9. The van der Waals surface area contributed by atoms with Crippen molar-refractivity contribution in [3.05, 3.63) is 48.6 Å². The minimum atomic E-state index is 0.199. The smallest absolute Gasteiger partial charge is 0.0720 e. The van der Waals surface area contributed by atoms with Crippen molar-refractivity contribution in [1.29, 1.82) is 0 Å². The van der Waals surface area contributed by atoms with Crippen LogP contribution in [0.15, 0.2) is 43.0 Å². The lowest BCUT2D eigenvalue weighted by Crippen LogP contribution is -2.24. The zero-order valence-electron chi connectivity index (χ0n) is 15.9. The van der Waals surface area contributed by atoms with Crippen LogP contribution in [-0.4, -0.2) is 18.3 Å². The van der Waals surface area contributed by atoms with E-state index in [0.717, 1.165) is 19.3 Å². The van der Waals surface area contributed by atoms with E-state index in [4.69, 9.17) is 9.47 Å². The second kappa shape index (κ2) is 13.2. The molecule has 24 heavy (non-hydrogen) atoms. The van der Waals surface area contributed by atoms with Gasteiger partial charge in [0.05, 0.1) is 24.9 Å². The Hall–Kier alpha value is -1.12. The van der Waals surface area contributed by atoms with Gasteiger partial charge in [0, 0.05) is 0 Å². The highest BCUT2D eigenvalue weighted by Crippen LogP contribution is 2.17. The molecule has 3 atom stereocenters. The van der Waals surface area contributed by atoms with Gasteiger partial charge in [0.2, 0.25) is 0 Å². The molecule has 0 radical (unpaired) electrons. The van der Waals surface area contributed by atoms with E-state index in [2.05, 4.69) is 39.5 Å². The van der Waals surface area contributed by atoms with Crippen LogP contribution in [0.1, 0.15) is 71.3 Å². The van der Waals surface area contributed by atoms with Gasteiger partial charge in [-0.1, -0.05) is 69.0 Å². The first-order valence-electron chi connectivity index (χ1n) is 9.57. The number of hydrogen-bond acceptors (Lipinski definition) is 2. The van der Waals surface area contributed by atoms with E-state index < -0.39 is 0 Å². The van der Waals surface area contributed by atoms with E-state index in [-0.39, 0.29) is 12.2 Å². The first kappa shape index (κ1) is 20.9. The average molecular weight is 333 g/mol. The summed E-state index contributed by atoms with van der Waals surface area (Å²) in [6.45, 7) is 11.1. The molecule has 0 aliphatic carbocycles. The number of ether oxygens (including phenoxy) is 2. The fourth-order valence-electron chi connectivity index (χ4n) is 2.96. The normalized spacial score (nSPS) is 15.0. The standard InChI is InChI=1S/C22H36O2/c1-5-7-8-12-16-22(13-6-2)24-20(4)17-19(3)23-18-21-14-10-9-11-15-21/h6,9-11,14-15,19-20,22H,2,5,7-8,12-13,16-18H2,1,3-4H3. The van der Waals surface area contributed by atoms with Crippen LogP contribution in [0.25, 0.3) is 0 Å². The highest BCUT2D eigenvalue weighted by molar-refractivity contribution is 5.13. The molecule has 0 spiro atoms. The van der Waals surface area contributed by atoms with Gasteiger partial charge < -0.3 is 9.47 Å². The summed E-state index contributed by atoms with van der Waals surface area (Å²) in [7, 11) is 0. The maximum absolute atomic E-state index is 6.24. The molecular weight excluding hydrogens is 296 g/mol. The second-order valence-electron chi connectivity index (χ2n) is 6.79. The predicted molar refractivity (Wildman–Crippen MR) is 103 cm³/mol. The van der Waals surface area contributed by atoms with Crippen molar-refractivity contribution in [2.75, 3.05) is 0 Å². The highest BCUT2D eigenvalue weighted by Gasteiger charge is 2.15. The van der Waals surface area contributed by atoms with Crippen LogP contribution >= 0.6 is 0 Å². The van der Waals surface area contributed by atoms with Crippen LogP contribution in [-0.2, 0) is 16.1 Å². The minimum Gasteiger partial charge on any atom is -0.375 e. The Bertz CT molecular complexity index is 415. The molecule has 136 valence electrons. The number of hydrogen-bond donors (Lipinski definition) is 0. The average Bonchev–Trinajstić information content (AvgIpc) is 2.58. The summed E-state index contributed by atoms with van der Waals surface area (Å²) in [4.78, 5) is 0. The van der Waals surface area contributed by atoms with Gasteiger partial charge >= 0.3 is 0 Å². The van der Waals surface area contributed by atoms with Crippen molar-refractivity contribution >= 4 is 0 Å². The summed E-state index contributed by atoms with van der Waals surface area (Å²) in [5.41, 5.74) is 1.22. The van der Waals surface area contributed by atoms with Gasteiger partial charge in [-0.25, -0.2) is 0 Å². The lowest BCUT2D eigenvalue weighted by atomic mass is 10.1. The van der Waals surface area contributed by atoms with Gasteiger partial charge in [0.25, 0.3) is 0 Å². The van der Waals surface area contributed by atoms with Crippen molar-refractivity contribution in [2.45, 2.75) is 90.6 Å². The van der Waals surface area contributed by atoms with Gasteiger partial charge in [0.1, 0.15) is 0 Å². The van der Waals surface area contributed by atoms with Crippen LogP contribution in [0, 0.1) is 0 Å². The molecule has 0 heterocycles. The van der Waals surface area contributed by atoms with E-state index >= 15 is 0 Å². The van der Waals surface area contributed by atoms with Crippen molar-refractivity contribution in [3.63, 3.8) is 0 Å². The van der Waals surface area contributed by atoms with E-state index in [9.17, 15) is 0 Å². The molecule has 1 rings (SSSR count). The molecule has 3 unspecified atom stereocenters. The third-order valence-electron chi connectivity index (χ3n) is 4.28. The predicted octanol–water partition coefficient (Wildman–Crippen LogP) is 6.30. The quantitative estimate of drug-likeness (QED) is 0.294. The van der Waals surface area contributed by atoms with Crippen molar-refractivity contribution in [3.8, 4) is 0 Å². The van der Waals surface area contributed by atoms with Gasteiger partial charge in [-0.15, -0.1) is 6.58 Å². The van der Waals surface area contributed by atoms with E-state index in [1.165, 1.54) is 31.2 Å². The lowest BCUT2D eigenvalue weighted by Gasteiger charge is -2.24. The van der Waals surface area contributed by atoms with Gasteiger partial charge in [-0.3, -0.25) is 0 Å². The molecule has 0 aromatic heterocycles. The van der Waals surface area contributed by atoms with Crippen LogP contribution < -0.4 is 0 Å². The monoisotopic (exact) mass is 332 g/mol. The molecule has 1 aromatic carbocycles. The van der Waals surface area contributed by atoms with Crippen LogP contribution in [0.5, 0.6) is 0 Å². The lowest BCUT2D eigenvalue weighted by molar-refractivity contribution is -0.0444. The molecule has 0 aliphatic rings. The Labute approximate surface area is 149 Å². The molecule has 0 saturated heterocycles. The Morgan fingerprint density at radius 1 is 1.04 bits per heavy atom. The summed E-state index contributed by atoms with van der Waals surface area (Å²) in [6, 6.07) is 10.3. The molecule has 0 saturated carbocycles. The number of benzene rings is 1. The van der Waals surface area contributed by atoms with Gasteiger partial charge in [0.15, 0.2) is 0 Å². The summed E-state index contributed by atoms with van der Waals surface area (Å²) in [6.07, 6.45) is 10.8. The third-order valence-corrected chi connectivity index (χ3v) is 4.28. The molecule has 0 amide bonds. The summed E-state index contributed by atoms with van der Waals surface area (Å²) < 4.78 is 12.2. The molecule has 0 fully saturated rings. The molecular formula is C22H36O2. The fourth-order valence-corrected chi connectivity index (χ4v) is 2.96. The second-order valence-corrected chi connectivity index (χ2v) is 6.79. The van der Waals surface area contributed by atoms with Crippen LogP contribution in [0.4, 0.5) is 0 Å². The van der Waals surface area contributed by atoms with E-state index in [1.807, 2.05) is 24.3 Å². The van der Waals surface area contributed by atoms with E-state index in [0.29, 0.717) is 12.7 Å². The maximum atomic E-state index is 6.24. The van der Waals surface area contributed by atoms with Gasteiger partial charge in [-0.05, 0) is 38.7 Å². The fraction of sp³-hybridized carbons (Fsp3) is 0.636. The number of unbranched alkanes of at least 4 members (excludes halogenated alkanes) is 3. The Morgan fingerprint density at radius 3 is 2.46 bits per heavy atom. The van der Waals surface area contributed by atoms with E-state index in [1.54, 1.807) is 0 Å². The largest absolute Gasteiger partial charge is 0.375 e. The summed E-state index contributed by atoms with van der Waals surface area (Å²) in [5.74, 6) is 0. The molecule has 0 bridgehead atoms. The maximum Gasteiger partial charge on any atom is 0.0720 e. The summed E-state index contributed by atoms with van der Waals surface area (Å²) >= 11 is 0. The Balaban J connectivity index is 2.27. The highest BCUT2D eigenvalue weighted by atomic mass is 16.5. The molecule has 2 nitrogen and oxygen atoms in total. The van der Waals surface area contributed by atoms with Crippen LogP contribution in [0.3, 0.4) is 0 Å². The first-order chi connectivity index (χ1) is 11.7. The first-order valence-corrected chi connectivity index (χ1v) is 9.57. The molecule has 0 N–H and O–H groups in total. The molecule has 0 aliphatic heterocycles. The molecule has 1 aromatic rings. The minimum absolute atomic E-state index is 0.199.